The van der Waals surface area contributed by atoms with Crippen LogP contribution in [0.15, 0.2) is 18.9 Å². The van der Waals surface area contributed by atoms with Crippen LogP contribution in [0.25, 0.3) is 11.1 Å². The maximum atomic E-state index is 4.51. The lowest BCUT2D eigenvalue weighted by atomic mass is 9.83. The van der Waals surface area contributed by atoms with Gasteiger partial charge in [0.05, 0.1) is 11.9 Å². The van der Waals surface area contributed by atoms with Crippen molar-refractivity contribution in [3.05, 3.63) is 30.1 Å². The smallest absolute Gasteiger partial charge is 0.0681 e. The molecule has 2 heteroatoms. The maximum Gasteiger partial charge on any atom is 0.0681 e. The fourth-order valence-electron chi connectivity index (χ4n) is 5.42. The van der Waals surface area contributed by atoms with Gasteiger partial charge >= 0.3 is 0 Å². The Hall–Kier alpha value is -1.31. The van der Waals surface area contributed by atoms with Gasteiger partial charge in [0.1, 0.15) is 0 Å². The highest BCUT2D eigenvalue weighted by atomic mass is 15.1. The molecule has 0 aliphatic heterocycles. The number of hydrogen-bond acceptors (Lipinski definition) is 1. The fraction of sp³-hybridized carbons (Fsp3) is 0.731. The molecule has 2 aliphatic rings. The summed E-state index contributed by atoms with van der Waals surface area (Å²) in [5, 5.41) is 7.77. The van der Waals surface area contributed by atoms with Crippen LogP contribution >= 0.6 is 0 Å². The van der Waals surface area contributed by atoms with Crippen molar-refractivity contribution in [1.82, 2.24) is 10.2 Å². The summed E-state index contributed by atoms with van der Waals surface area (Å²) in [6.45, 7) is 6.70. The van der Waals surface area contributed by atoms with E-state index >= 15 is 0 Å². The second-order valence-corrected chi connectivity index (χ2v) is 9.41. The Bertz CT molecular complexity index is 608. The Kier molecular flexibility index (Phi) is 8.89. The van der Waals surface area contributed by atoms with Crippen LogP contribution in [-0.2, 0) is 0 Å². The topological polar surface area (TPSA) is 28.7 Å². The standard InChI is InChI=1S/C26H42N2/c1-3-24(19-23-16-12-8-5-9-13-17-23)26-25(20-27-28-26)21(2)18-22-14-10-6-4-7-11-15-22/h3,20,22-23H,2,4-19H2,1H3,(H,27,28)/b24-3-. The summed E-state index contributed by atoms with van der Waals surface area (Å²) >= 11 is 0. The number of aromatic amines is 1. The second kappa shape index (κ2) is 11.6. The van der Waals surface area contributed by atoms with E-state index in [0.717, 1.165) is 18.3 Å². The van der Waals surface area contributed by atoms with Crippen molar-refractivity contribution in [3.63, 3.8) is 0 Å². The zero-order valence-electron chi connectivity index (χ0n) is 18.3. The summed E-state index contributed by atoms with van der Waals surface area (Å²) < 4.78 is 0. The molecule has 0 spiro atoms. The van der Waals surface area contributed by atoms with Gasteiger partial charge < -0.3 is 0 Å². The Morgan fingerprint density at radius 1 is 0.893 bits per heavy atom. The molecule has 0 bridgehead atoms. The maximum absolute atomic E-state index is 4.51. The molecule has 28 heavy (non-hydrogen) atoms. The minimum Gasteiger partial charge on any atom is -0.278 e. The first-order chi connectivity index (χ1) is 13.8. The van der Waals surface area contributed by atoms with Crippen LogP contribution in [-0.4, -0.2) is 10.2 Å². The van der Waals surface area contributed by atoms with E-state index in [1.54, 1.807) is 0 Å². The number of H-pyrrole nitrogens is 1. The SMILES string of the molecule is C=C(CC1CCCCCCC1)c1cn[nH]c1/C(=C\C)CC1CCCCCCC1. The van der Waals surface area contributed by atoms with Crippen molar-refractivity contribution in [2.75, 3.05) is 0 Å². The van der Waals surface area contributed by atoms with Crippen molar-refractivity contribution >= 4 is 11.1 Å². The van der Waals surface area contributed by atoms with E-state index in [-0.39, 0.29) is 0 Å². The van der Waals surface area contributed by atoms with E-state index < -0.39 is 0 Å². The molecule has 0 radical (unpaired) electrons. The first-order valence-electron chi connectivity index (χ1n) is 12.1. The van der Waals surface area contributed by atoms with Gasteiger partial charge in [-0.05, 0) is 42.7 Å². The van der Waals surface area contributed by atoms with E-state index in [4.69, 9.17) is 0 Å². The van der Waals surface area contributed by atoms with Gasteiger partial charge in [0.2, 0.25) is 0 Å². The lowest BCUT2D eigenvalue weighted by Crippen LogP contribution is -2.07. The zero-order valence-corrected chi connectivity index (χ0v) is 18.3. The van der Waals surface area contributed by atoms with E-state index in [0.29, 0.717) is 0 Å². The number of nitrogens with zero attached hydrogens (tertiary/aromatic N) is 1. The van der Waals surface area contributed by atoms with Crippen LogP contribution < -0.4 is 0 Å². The van der Waals surface area contributed by atoms with Gasteiger partial charge in [-0.1, -0.05) is 103 Å². The monoisotopic (exact) mass is 382 g/mol. The van der Waals surface area contributed by atoms with Crippen molar-refractivity contribution in [2.24, 2.45) is 11.8 Å². The molecule has 0 aromatic carbocycles. The normalized spacial score (nSPS) is 21.5. The molecule has 0 saturated heterocycles. The number of aromatic nitrogens is 2. The first kappa shape index (κ1) is 21.4. The third-order valence-electron chi connectivity index (χ3n) is 7.18. The molecular formula is C26H42N2. The van der Waals surface area contributed by atoms with Crippen LogP contribution in [0.5, 0.6) is 0 Å². The molecule has 1 N–H and O–H groups in total. The van der Waals surface area contributed by atoms with E-state index in [1.165, 1.54) is 119 Å². The highest BCUT2D eigenvalue weighted by Crippen LogP contribution is 2.36. The molecule has 2 saturated carbocycles. The molecule has 0 amide bonds. The van der Waals surface area contributed by atoms with Gasteiger partial charge in [0, 0.05) is 5.56 Å². The highest BCUT2D eigenvalue weighted by Gasteiger charge is 2.20. The highest BCUT2D eigenvalue weighted by molar-refractivity contribution is 5.76. The van der Waals surface area contributed by atoms with Gasteiger partial charge in [-0.25, -0.2) is 0 Å². The number of allylic oxidation sites excluding steroid dienone is 3. The number of nitrogens with one attached hydrogen (secondary N) is 1. The third-order valence-corrected chi connectivity index (χ3v) is 7.18. The summed E-state index contributed by atoms with van der Waals surface area (Å²) in [4.78, 5) is 0. The van der Waals surface area contributed by atoms with Crippen LogP contribution in [0, 0.1) is 11.8 Å². The Morgan fingerprint density at radius 2 is 1.39 bits per heavy atom. The number of rotatable bonds is 6. The van der Waals surface area contributed by atoms with Crippen molar-refractivity contribution in [3.8, 4) is 0 Å². The number of hydrogen-bond donors (Lipinski definition) is 1. The van der Waals surface area contributed by atoms with E-state index in [1.807, 2.05) is 6.20 Å². The van der Waals surface area contributed by atoms with Gasteiger partial charge in [-0.15, -0.1) is 0 Å². The van der Waals surface area contributed by atoms with E-state index in [2.05, 4.69) is 29.8 Å². The van der Waals surface area contributed by atoms with E-state index in [9.17, 15) is 0 Å². The molecule has 156 valence electrons. The summed E-state index contributed by atoms with van der Waals surface area (Å²) in [5.74, 6) is 1.65. The largest absolute Gasteiger partial charge is 0.278 e. The first-order valence-corrected chi connectivity index (χ1v) is 12.1. The predicted octanol–water partition coefficient (Wildman–Crippen LogP) is 8.33. The fourth-order valence-corrected chi connectivity index (χ4v) is 5.42. The Labute approximate surface area is 173 Å². The van der Waals surface area contributed by atoms with Crippen molar-refractivity contribution < 1.29 is 0 Å². The third kappa shape index (κ3) is 6.36. The summed E-state index contributed by atoms with van der Waals surface area (Å²) in [6.07, 6.45) is 26.4. The quantitative estimate of drug-likeness (QED) is 0.526. The lowest BCUT2D eigenvalue weighted by molar-refractivity contribution is 0.383. The lowest BCUT2D eigenvalue weighted by Gasteiger charge is -2.22. The minimum atomic E-state index is 0.815. The molecule has 3 rings (SSSR count). The second-order valence-electron chi connectivity index (χ2n) is 9.41. The molecule has 2 nitrogen and oxygen atoms in total. The summed E-state index contributed by atoms with van der Waals surface area (Å²) in [5.41, 5.74) is 5.28. The van der Waals surface area contributed by atoms with Crippen molar-refractivity contribution in [1.29, 1.82) is 0 Å². The molecule has 0 unspecified atom stereocenters. The molecule has 0 atom stereocenters. The molecule has 1 aromatic heterocycles. The van der Waals surface area contributed by atoms with Crippen LogP contribution in [0.4, 0.5) is 0 Å². The molecule has 1 heterocycles. The molecule has 2 aliphatic carbocycles. The van der Waals surface area contributed by atoms with Gasteiger partial charge in [0.15, 0.2) is 0 Å². The van der Waals surface area contributed by atoms with Gasteiger partial charge in [-0.3, -0.25) is 5.10 Å². The predicted molar refractivity (Wildman–Crippen MR) is 122 cm³/mol. The summed E-state index contributed by atoms with van der Waals surface area (Å²) in [6, 6.07) is 0. The zero-order chi connectivity index (χ0) is 19.6. The average molecular weight is 383 g/mol. The molecule has 1 aromatic rings. The van der Waals surface area contributed by atoms with Gasteiger partial charge in [-0.2, -0.15) is 5.10 Å². The molecular weight excluding hydrogens is 340 g/mol. The van der Waals surface area contributed by atoms with Crippen LogP contribution in [0.2, 0.25) is 0 Å². The van der Waals surface area contributed by atoms with Crippen LogP contribution in [0.3, 0.4) is 0 Å². The van der Waals surface area contributed by atoms with Gasteiger partial charge in [0.25, 0.3) is 0 Å². The van der Waals surface area contributed by atoms with Crippen LogP contribution in [0.1, 0.15) is 121 Å². The summed E-state index contributed by atoms with van der Waals surface area (Å²) in [7, 11) is 0. The minimum absolute atomic E-state index is 0.815. The molecule has 2 fully saturated rings. The Morgan fingerprint density at radius 3 is 1.93 bits per heavy atom. The van der Waals surface area contributed by atoms with Crippen molar-refractivity contribution in [2.45, 2.75) is 110 Å². The average Bonchev–Trinajstić information content (AvgIpc) is 3.13. The Balaban J connectivity index is 1.63.